The summed E-state index contributed by atoms with van der Waals surface area (Å²) >= 11 is 0. The van der Waals surface area contributed by atoms with Crippen molar-refractivity contribution in [3.05, 3.63) is 11.8 Å². The van der Waals surface area contributed by atoms with Gasteiger partial charge in [0.2, 0.25) is 0 Å². The van der Waals surface area contributed by atoms with Crippen LogP contribution in [0, 0.1) is 5.92 Å². The lowest BCUT2D eigenvalue weighted by molar-refractivity contribution is 0.578. The van der Waals surface area contributed by atoms with Crippen LogP contribution < -0.4 is 16.6 Å². The van der Waals surface area contributed by atoms with Crippen LogP contribution in [0.4, 0.5) is 0 Å². The minimum atomic E-state index is 0.0283. The zero-order valence-electron chi connectivity index (χ0n) is 5.22. The van der Waals surface area contributed by atoms with Crippen LogP contribution in [0.5, 0.6) is 0 Å². The average molecular weight is 125 g/mol. The molecule has 0 aromatic rings. The largest absolute Gasteiger partial charge is 0.324 e. The third kappa shape index (κ3) is 0.930. The summed E-state index contributed by atoms with van der Waals surface area (Å²) in [6, 6.07) is 0. The molecule has 1 unspecified atom stereocenters. The molecule has 1 aliphatic carbocycles. The van der Waals surface area contributed by atoms with Crippen molar-refractivity contribution in [1.29, 1.82) is 0 Å². The number of hydrogen-bond acceptors (Lipinski definition) is 3. The van der Waals surface area contributed by atoms with Gasteiger partial charge in [-0.25, -0.2) is 5.43 Å². The molecule has 0 saturated heterocycles. The second-order valence-electron chi connectivity index (χ2n) is 2.69. The Morgan fingerprint density at radius 1 is 1.56 bits per heavy atom. The maximum absolute atomic E-state index is 5.54. The topological polar surface area (TPSA) is 50.1 Å². The summed E-state index contributed by atoms with van der Waals surface area (Å²) in [5, 5.41) is 0. The fraction of sp³-hybridized carbons (Fsp3) is 0.667. The summed E-state index contributed by atoms with van der Waals surface area (Å²) in [6.45, 7) is 0. The van der Waals surface area contributed by atoms with Gasteiger partial charge in [0.15, 0.2) is 0 Å². The van der Waals surface area contributed by atoms with Gasteiger partial charge in [-0.2, -0.15) is 0 Å². The molecule has 0 aromatic carbocycles. The normalized spacial score (nSPS) is 33.9. The van der Waals surface area contributed by atoms with E-state index in [0.717, 1.165) is 5.92 Å². The molecule has 1 aliphatic heterocycles. The number of rotatable bonds is 1. The third-order valence-electron chi connectivity index (χ3n) is 1.76. The Morgan fingerprint density at radius 2 is 2.33 bits per heavy atom. The molecule has 1 heterocycles. The lowest BCUT2D eigenvalue weighted by Gasteiger charge is -2.00. The first kappa shape index (κ1) is 5.26. The summed E-state index contributed by atoms with van der Waals surface area (Å²) in [5.41, 5.74) is 12.8. The Balaban J connectivity index is 2.03. The molecule has 0 spiro atoms. The van der Waals surface area contributed by atoms with Gasteiger partial charge >= 0.3 is 0 Å². The van der Waals surface area contributed by atoms with Gasteiger partial charge < -0.3 is 11.2 Å². The van der Waals surface area contributed by atoms with Crippen molar-refractivity contribution in [1.82, 2.24) is 10.9 Å². The van der Waals surface area contributed by atoms with Crippen LogP contribution in [0.3, 0.4) is 0 Å². The van der Waals surface area contributed by atoms with E-state index in [9.17, 15) is 0 Å². The van der Waals surface area contributed by atoms with E-state index in [4.69, 9.17) is 5.73 Å². The highest BCUT2D eigenvalue weighted by atomic mass is 15.4. The van der Waals surface area contributed by atoms with Gasteiger partial charge in [-0.05, 0) is 24.8 Å². The highest BCUT2D eigenvalue weighted by molar-refractivity contribution is 5.15. The zero-order chi connectivity index (χ0) is 6.27. The molecule has 1 fully saturated rings. The maximum atomic E-state index is 5.54. The fourth-order valence-corrected chi connectivity index (χ4v) is 1.08. The van der Waals surface area contributed by atoms with E-state index in [1.807, 2.05) is 0 Å². The van der Waals surface area contributed by atoms with Crippen LogP contribution >= 0.6 is 0 Å². The van der Waals surface area contributed by atoms with E-state index in [-0.39, 0.29) is 6.17 Å². The van der Waals surface area contributed by atoms with E-state index in [0.29, 0.717) is 0 Å². The zero-order valence-corrected chi connectivity index (χ0v) is 5.22. The van der Waals surface area contributed by atoms with Gasteiger partial charge in [0.1, 0.15) is 0 Å². The average Bonchev–Trinajstić information content (AvgIpc) is 2.58. The molecule has 9 heavy (non-hydrogen) atoms. The van der Waals surface area contributed by atoms with Gasteiger partial charge in [-0.15, -0.1) is 0 Å². The Bertz CT molecular complexity index is 148. The van der Waals surface area contributed by atoms with Crippen LogP contribution in [0.25, 0.3) is 0 Å². The summed E-state index contributed by atoms with van der Waals surface area (Å²) in [4.78, 5) is 0. The van der Waals surface area contributed by atoms with Gasteiger partial charge in [0.05, 0.1) is 6.17 Å². The van der Waals surface area contributed by atoms with E-state index in [1.54, 1.807) is 0 Å². The van der Waals surface area contributed by atoms with Crippen molar-refractivity contribution >= 4 is 0 Å². The van der Waals surface area contributed by atoms with Gasteiger partial charge in [0.25, 0.3) is 0 Å². The molecule has 2 aliphatic rings. The summed E-state index contributed by atoms with van der Waals surface area (Å²) in [5.74, 6) is 0.783. The van der Waals surface area contributed by atoms with E-state index >= 15 is 0 Å². The summed E-state index contributed by atoms with van der Waals surface area (Å²) in [7, 11) is 0. The Labute approximate surface area is 54.3 Å². The van der Waals surface area contributed by atoms with Crippen molar-refractivity contribution in [2.45, 2.75) is 19.0 Å². The molecule has 1 saturated carbocycles. The molecule has 3 nitrogen and oxygen atoms in total. The van der Waals surface area contributed by atoms with E-state index in [1.165, 1.54) is 18.5 Å². The molecular formula is C6H11N3. The fourth-order valence-electron chi connectivity index (χ4n) is 1.08. The molecule has 4 N–H and O–H groups in total. The molecular weight excluding hydrogens is 114 g/mol. The number of nitrogens with two attached hydrogens (primary N) is 1. The van der Waals surface area contributed by atoms with Crippen molar-refractivity contribution < 1.29 is 0 Å². The second kappa shape index (κ2) is 1.72. The predicted octanol–water partition coefficient (Wildman–Crippen LogP) is -0.327. The van der Waals surface area contributed by atoms with Gasteiger partial charge in [0, 0.05) is 5.70 Å². The van der Waals surface area contributed by atoms with Crippen molar-refractivity contribution in [2.24, 2.45) is 11.7 Å². The smallest absolute Gasteiger partial charge is 0.0932 e. The van der Waals surface area contributed by atoms with E-state index < -0.39 is 0 Å². The van der Waals surface area contributed by atoms with Crippen molar-refractivity contribution in [3.63, 3.8) is 0 Å². The molecule has 1 atom stereocenters. The third-order valence-corrected chi connectivity index (χ3v) is 1.76. The first-order chi connectivity index (χ1) is 4.36. The molecule has 3 heteroatoms. The van der Waals surface area contributed by atoms with Crippen LogP contribution in [0.2, 0.25) is 0 Å². The SMILES string of the molecule is NC1C=C(C2CC2)NN1. The standard InChI is InChI=1S/C6H11N3/c7-6-3-5(8-9-6)4-1-2-4/h3-4,6,8-9H,1-2,7H2. The van der Waals surface area contributed by atoms with Crippen LogP contribution in [-0.4, -0.2) is 6.17 Å². The molecule has 50 valence electrons. The Morgan fingerprint density at radius 3 is 2.78 bits per heavy atom. The molecule has 0 aromatic heterocycles. The van der Waals surface area contributed by atoms with Crippen molar-refractivity contribution in [2.75, 3.05) is 0 Å². The highest BCUT2D eigenvalue weighted by Gasteiger charge is 2.28. The summed E-state index contributed by atoms with van der Waals surface area (Å²) < 4.78 is 0. The number of nitrogens with one attached hydrogen (secondary N) is 2. The summed E-state index contributed by atoms with van der Waals surface area (Å²) in [6.07, 6.45) is 4.73. The molecule has 2 rings (SSSR count). The first-order valence-corrected chi connectivity index (χ1v) is 3.35. The van der Waals surface area contributed by atoms with E-state index in [2.05, 4.69) is 16.9 Å². The second-order valence-corrected chi connectivity index (χ2v) is 2.69. The lowest BCUT2D eigenvalue weighted by atomic mass is 10.3. The quantitative estimate of drug-likeness (QED) is 0.450. The van der Waals surface area contributed by atoms with Crippen LogP contribution in [0.1, 0.15) is 12.8 Å². The Kier molecular flexibility index (Phi) is 1.00. The predicted molar refractivity (Wildman–Crippen MR) is 35.1 cm³/mol. The lowest BCUT2D eigenvalue weighted by Crippen LogP contribution is -2.37. The molecule has 0 bridgehead atoms. The molecule has 0 amide bonds. The van der Waals surface area contributed by atoms with Gasteiger partial charge in [-0.3, -0.25) is 0 Å². The molecule has 0 radical (unpaired) electrons. The number of hydrazine groups is 1. The number of allylic oxidation sites excluding steroid dienone is 1. The number of hydrogen-bond donors (Lipinski definition) is 3. The highest BCUT2D eigenvalue weighted by Crippen LogP contribution is 2.35. The van der Waals surface area contributed by atoms with Crippen molar-refractivity contribution in [3.8, 4) is 0 Å². The first-order valence-electron chi connectivity index (χ1n) is 3.35. The minimum Gasteiger partial charge on any atom is -0.324 e. The monoisotopic (exact) mass is 125 g/mol. The maximum Gasteiger partial charge on any atom is 0.0932 e. The van der Waals surface area contributed by atoms with Gasteiger partial charge in [-0.1, -0.05) is 0 Å². The van der Waals surface area contributed by atoms with Crippen LogP contribution in [-0.2, 0) is 0 Å². The minimum absolute atomic E-state index is 0.0283. The van der Waals surface area contributed by atoms with Crippen LogP contribution in [0.15, 0.2) is 11.8 Å². The Hall–Kier alpha value is -0.540.